The summed E-state index contributed by atoms with van der Waals surface area (Å²) in [4.78, 5) is 13.9. The second-order valence-electron chi connectivity index (χ2n) is 5.50. The molecule has 1 aromatic carbocycles. The third kappa shape index (κ3) is 3.22. The molecule has 118 valence electrons. The van der Waals surface area contributed by atoms with Crippen molar-refractivity contribution in [3.8, 4) is 0 Å². The molecular formula is C19H20N2OS. The highest BCUT2D eigenvalue weighted by Crippen LogP contribution is 2.26. The van der Waals surface area contributed by atoms with Crippen molar-refractivity contribution in [2.24, 2.45) is 0 Å². The molecule has 4 heteroatoms. The topological polar surface area (TPSA) is 34.0 Å². The van der Waals surface area contributed by atoms with Gasteiger partial charge in [0.25, 0.3) is 5.91 Å². The molecule has 0 aliphatic carbocycles. The van der Waals surface area contributed by atoms with Crippen molar-refractivity contribution in [3.05, 3.63) is 71.3 Å². The van der Waals surface area contributed by atoms with Crippen LogP contribution >= 0.6 is 11.3 Å². The zero-order chi connectivity index (χ0) is 16.2. The summed E-state index contributed by atoms with van der Waals surface area (Å²) in [5, 5.41) is 6.28. The highest BCUT2D eigenvalue weighted by molar-refractivity contribution is 7.16. The van der Waals surface area contributed by atoms with E-state index in [-0.39, 0.29) is 11.9 Å². The van der Waals surface area contributed by atoms with E-state index >= 15 is 0 Å². The molecule has 3 nitrogen and oxygen atoms in total. The van der Waals surface area contributed by atoms with E-state index in [1.807, 2.05) is 56.3 Å². The minimum absolute atomic E-state index is 0.0215. The summed E-state index contributed by atoms with van der Waals surface area (Å²) in [6, 6.07) is 14.0. The van der Waals surface area contributed by atoms with E-state index in [2.05, 4.69) is 27.4 Å². The van der Waals surface area contributed by atoms with Crippen molar-refractivity contribution < 1.29 is 4.79 Å². The molecule has 1 amide bonds. The van der Waals surface area contributed by atoms with Crippen LogP contribution in [0.15, 0.2) is 60.0 Å². The van der Waals surface area contributed by atoms with Gasteiger partial charge in [0, 0.05) is 11.9 Å². The number of carbonyl (C=O) groups excluding carboxylic acids is 1. The van der Waals surface area contributed by atoms with Crippen LogP contribution in [0.25, 0.3) is 10.2 Å². The molecular weight excluding hydrogens is 304 g/mol. The molecule has 23 heavy (non-hydrogen) atoms. The number of nitrogens with one attached hydrogen (secondary N) is 1. The number of hydrogen-bond acceptors (Lipinski definition) is 2. The molecule has 0 bridgehead atoms. The fourth-order valence-corrected chi connectivity index (χ4v) is 3.56. The van der Waals surface area contributed by atoms with Gasteiger partial charge in [-0.25, -0.2) is 0 Å². The van der Waals surface area contributed by atoms with Crippen molar-refractivity contribution in [3.63, 3.8) is 0 Å². The van der Waals surface area contributed by atoms with Gasteiger partial charge in [-0.05, 0) is 36.9 Å². The van der Waals surface area contributed by atoms with Crippen LogP contribution in [-0.4, -0.2) is 10.5 Å². The van der Waals surface area contributed by atoms with Gasteiger partial charge in [-0.2, -0.15) is 0 Å². The van der Waals surface area contributed by atoms with E-state index in [1.165, 1.54) is 0 Å². The highest BCUT2D eigenvalue weighted by Gasteiger charge is 2.18. The van der Waals surface area contributed by atoms with E-state index in [0.717, 1.165) is 15.8 Å². The monoisotopic (exact) mass is 324 g/mol. The highest BCUT2D eigenvalue weighted by atomic mass is 32.1. The van der Waals surface area contributed by atoms with E-state index in [0.29, 0.717) is 12.2 Å². The lowest BCUT2D eigenvalue weighted by molar-refractivity contribution is 0.0931. The molecule has 0 spiro atoms. The first-order chi connectivity index (χ1) is 11.2. The molecule has 2 aromatic heterocycles. The molecule has 0 aliphatic heterocycles. The maximum Gasteiger partial charge on any atom is 0.268 e. The fraction of sp³-hybridized carbons (Fsp3) is 0.211. The zero-order valence-electron chi connectivity index (χ0n) is 13.3. The molecule has 0 radical (unpaired) electrons. The van der Waals surface area contributed by atoms with E-state index in [4.69, 9.17) is 0 Å². The number of fused-ring (bicyclic) bond motifs is 1. The molecule has 2 heterocycles. The van der Waals surface area contributed by atoms with Gasteiger partial charge in [-0.3, -0.25) is 4.79 Å². The molecule has 0 fully saturated rings. The SMILES string of the molecule is C/C=C\Cn1c(C(=O)N[C@H](C)c2ccccc2)cc2ccsc21. The molecule has 3 aromatic rings. The number of amides is 1. The van der Waals surface area contributed by atoms with Crippen molar-refractivity contribution in [1.29, 1.82) is 0 Å². The Balaban J connectivity index is 1.87. The minimum atomic E-state index is -0.0331. The summed E-state index contributed by atoms with van der Waals surface area (Å²) in [5.74, 6) is -0.0331. The number of rotatable bonds is 5. The molecule has 0 saturated carbocycles. The quantitative estimate of drug-likeness (QED) is 0.674. The Hall–Kier alpha value is -2.33. The second kappa shape index (κ2) is 6.84. The number of carbonyl (C=O) groups is 1. The van der Waals surface area contributed by atoms with Crippen LogP contribution in [0.2, 0.25) is 0 Å². The van der Waals surface area contributed by atoms with E-state index < -0.39 is 0 Å². The van der Waals surface area contributed by atoms with Gasteiger partial charge < -0.3 is 9.88 Å². The lowest BCUT2D eigenvalue weighted by Crippen LogP contribution is -2.28. The Morgan fingerprint density at radius 3 is 2.83 bits per heavy atom. The lowest BCUT2D eigenvalue weighted by Gasteiger charge is -2.15. The number of aromatic nitrogens is 1. The number of hydrogen-bond donors (Lipinski definition) is 1. The Kier molecular flexibility index (Phi) is 4.63. The van der Waals surface area contributed by atoms with Gasteiger partial charge in [0.1, 0.15) is 10.5 Å². The van der Waals surface area contributed by atoms with Gasteiger partial charge in [0.2, 0.25) is 0 Å². The standard InChI is InChI=1S/C19H20N2OS/c1-3-4-11-21-17(13-16-10-12-23-19(16)21)18(22)20-14(2)15-8-6-5-7-9-15/h3-10,12-14H,11H2,1-2H3,(H,20,22)/b4-3-/t14-/m1/s1. The van der Waals surface area contributed by atoms with Crippen LogP contribution in [0.1, 0.15) is 35.9 Å². The largest absolute Gasteiger partial charge is 0.344 e. The van der Waals surface area contributed by atoms with Crippen LogP contribution < -0.4 is 5.32 Å². The van der Waals surface area contributed by atoms with Gasteiger partial charge in [-0.15, -0.1) is 11.3 Å². The van der Waals surface area contributed by atoms with Crippen LogP contribution in [0.4, 0.5) is 0 Å². The summed E-state index contributed by atoms with van der Waals surface area (Å²) >= 11 is 1.67. The Morgan fingerprint density at radius 1 is 1.30 bits per heavy atom. The minimum Gasteiger partial charge on any atom is -0.344 e. The third-order valence-corrected chi connectivity index (χ3v) is 4.86. The second-order valence-corrected chi connectivity index (χ2v) is 6.39. The number of nitrogens with zero attached hydrogens (tertiary/aromatic N) is 1. The first kappa shape index (κ1) is 15.6. The molecule has 1 N–H and O–H groups in total. The zero-order valence-corrected chi connectivity index (χ0v) is 14.1. The van der Waals surface area contributed by atoms with Crippen molar-refractivity contribution in [2.45, 2.75) is 26.4 Å². The van der Waals surface area contributed by atoms with Crippen molar-refractivity contribution in [2.75, 3.05) is 0 Å². The van der Waals surface area contributed by atoms with Crippen molar-refractivity contribution >= 4 is 27.5 Å². The Morgan fingerprint density at radius 2 is 2.09 bits per heavy atom. The number of thiophene rings is 1. The maximum atomic E-state index is 12.7. The third-order valence-electron chi connectivity index (χ3n) is 3.91. The normalized spacial score (nSPS) is 12.8. The summed E-state index contributed by atoms with van der Waals surface area (Å²) in [6.45, 7) is 4.71. The van der Waals surface area contributed by atoms with Crippen LogP contribution in [-0.2, 0) is 6.54 Å². The Bertz CT molecular complexity index is 830. The molecule has 1 atom stereocenters. The molecule has 0 aliphatic rings. The average molecular weight is 324 g/mol. The number of allylic oxidation sites excluding steroid dienone is 2. The van der Waals surface area contributed by atoms with Crippen LogP contribution in [0.3, 0.4) is 0 Å². The summed E-state index contributed by atoms with van der Waals surface area (Å²) in [5.41, 5.74) is 1.82. The van der Waals surface area contributed by atoms with E-state index in [1.54, 1.807) is 11.3 Å². The Labute approximate surface area is 140 Å². The number of benzene rings is 1. The molecule has 0 unspecified atom stereocenters. The summed E-state index contributed by atoms with van der Waals surface area (Å²) in [6.07, 6.45) is 4.07. The summed E-state index contributed by atoms with van der Waals surface area (Å²) in [7, 11) is 0. The molecule has 3 rings (SSSR count). The van der Waals surface area contributed by atoms with E-state index in [9.17, 15) is 4.79 Å². The lowest BCUT2D eigenvalue weighted by atomic mass is 10.1. The average Bonchev–Trinajstić information content (AvgIpc) is 3.15. The maximum absolute atomic E-state index is 12.7. The van der Waals surface area contributed by atoms with Crippen LogP contribution in [0, 0.1) is 0 Å². The van der Waals surface area contributed by atoms with Crippen LogP contribution in [0.5, 0.6) is 0 Å². The molecule has 0 saturated heterocycles. The first-order valence-electron chi connectivity index (χ1n) is 7.74. The van der Waals surface area contributed by atoms with Gasteiger partial charge in [0.05, 0.1) is 6.04 Å². The first-order valence-corrected chi connectivity index (χ1v) is 8.62. The predicted octanol–water partition coefficient (Wildman–Crippen LogP) is 4.77. The van der Waals surface area contributed by atoms with Gasteiger partial charge in [0.15, 0.2) is 0 Å². The predicted molar refractivity (Wildman–Crippen MR) is 97.0 cm³/mol. The fourth-order valence-electron chi connectivity index (χ4n) is 2.65. The van der Waals surface area contributed by atoms with Gasteiger partial charge in [-0.1, -0.05) is 42.5 Å². The van der Waals surface area contributed by atoms with Crippen molar-refractivity contribution in [1.82, 2.24) is 9.88 Å². The summed E-state index contributed by atoms with van der Waals surface area (Å²) < 4.78 is 2.08. The van der Waals surface area contributed by atoms with Gasteiger partial charge >= 0.3 is 0 Å². The smallest absolute Gasteiger partial charge is 0.268 e.